The van der Waals surface area contributed by atoms with Crippen LogP contribution < -0.4 is 0 Å². The van der Waals surface area contributed by atoms with Gasteiger partial charge in [-0.2, -0.15) is 0 Å². The minimum atomic E-state index is -1.77. The summed E-state index contributed by atoms with van der Waals surface area (Å²) in [4.78, 5) is 11.3. The first kappa shape index (κ1) is 14.4. The number of hydrogen-bond acceptors (Lipinski definition) is 3. The number of carbonyl (C=O) groups excluding carboxylic acids is 1. The maximum absolute atomic E-state index is 11.3. The molecule has 0 amide bonds. The molecule has 2 aromatic carbocycles. The molecule has 2 aromatic rings. The molecule has 0 aliphatic carbocycles. The fourth-order valence-electron chi connectivity index (χ4n) is 2.17. The van der Waals surface area contributed by atoms with E-state index in [0.717, 1.165) is 11.1 Å². The lowest BCUT2D eigenvalue weighted by Gasteiger charge is -2.27. The van der Waals surface area contributed by atoms with Crippen LogP contribution in [0.1, 0.15) is 11.1 Å². The zero-order valence-electron chi connectivity index (χ0n) is 11.1. The molecule has 0 saturated carbocycles. The number of aliphatic hydroxyl groups is 2. The van der Waals surface area contributed by atoms with E-state index in [2.05, 4.69) is 0 Å². The summed E-state index contributed by atoms with van der Waals surface area (Å²) >= 11 is 0. The lowest BCUT2D eigenvalue weighted by molar-refractivity contribution is -0.136. The summed E-state index contributed by atoms with van der Waals surface area (Å²) in [5.74, 6) is 0. The molecule has 2 unspecified atom stereocenters. The lowest BCUT2D eigenvalue weighted by atomic mass is 9.87. The van der Waals surface area contributed by atoms with Gasteiger partial charge in [-0.25, -0.2) is 0 Å². The molecule has 0 spiro atoms. The van der Waals surface area contributed by atoms with Crippen molar-refractivity contribution in [1.82, 2.24) is 0 Å². The van der Waals surface area contributed by atoms with E-state index in [1.54, 1.807) is 0 Å². The quantitative estimate of drug-likeness (QED) is 0.786. The van der Waals surface area contributed by atoms with Crippen LogP contribution in [0.25, 0.3) is 0 Å². The van der Waals surface area contributed by atoms with Crippen molar-refractivity contribution in [3.63, 3.8) is 0 Å². The van der Waals surface area contributed by atoms with Gasteiger partial charge in [0.2, 0.25) is 0 Å². The maximum atomic E-state index is 11.3. The van der Waals surface area contributed by atoms with Gasteiger partial charge < -0.3 is 15.0 Å². The van der Waals surface area contributed by atoms with E-state index in [1.165, 1.54) is 0 Å². The highest BCUT2D eigenvalue weighted by Crippen LogP contribution is 2.19. The minimum Gasteiger partial charge on any atom is -0.389 e. The fraction of sp³-hybridized carbons (Fsp3) is 0.235. The summed E-state index contributed by atoms with van der Waals surface area (Å²) in [5, 5.41) is 20.6. The van der Waals surface area contributed by atoms with E-state index in [1.807, 2.05) is 60.7 Å². The van der Waals surface area contributed by atoms with E-state index in [9.17, 15) is 15.0 Å². The molecule has 3 heteroatoms. The summed E-state index contributed by atoms with van der Waals surface area (Å²) in [6.45, 7) is 0. The third kappa shape index (κ3) is 3.53. The molecule has 2 N–H and O–H groups in total. The van der Waals surface area contributed by atoms with Gasteiger partial charge in [-0.15, -0.1) is 0 Å². The van der Waals surface area contributed by atoms with E-state index >= 15 is 0 Å². The van der Waals surface area contributed by atoms with Crippen LogP contribution in [-0.2, 0) is 17.6 Å². The Labute approximate surface area is 118 Å². The van der Waals surface area contributed by atoms with Gasteiger partial charge in [0, 0.05) is 12.8 Å². The molecule has 0 saturated heterocycles. The molecular weight excluding hydrogens is 252 g/mol. The lowest BCUT2D eigenvalue weighted by Crippen LogP contribution is -2.47. The Hall–Kier alpha value is -1.97. The number of aliphatic hydroxyl groups excluding tert-OH is 1. The van der Waals surface area contributed by atoms with Crippen molar-refractivity contribution in [3.8, 4) is 0 Å². The monoisotopic (exact) mass is 270 g/mol. The molecular formula is C17H18O3. The summed E-state index contributed by atoms with van der Waals surface area (Å²) in [6, 6.07) is 18.5. The summed E-state index contributed by atoms with van der Waals surface area (Å²) < 4.78 is 0. The summed E-state index contributed by atoms with van der Waals surface area (Å²) in [5.41, 5.74) is -0.0699. The molecule has 0 aliphatic rings. The van der Waals surface area contributed by atoms with Crippen molar-refractivity contribution in [3.05, 3.63) is 71.8 Å². The number of hydrogen-bond donors (Lipinski definition) is 2. The molecule has 0 radical (unpaired) electrons. The first-order chi connectivity index (χ1) is 9.64. The average Bonchev–Trinajstić information content (AvgIpc) is 2.49. The largest absolute Gasteiger partial charge is 0.389 e. The van der Waals surface area contributed by atoms with Gasteiger partial charge in [0.15, 0.2) is 6.29 Å². The van der Waals surface area contributed by atoms with Crippen molar-refractivity contribution in [2.45, 2.75) is 24.5 Å². The average molecular weight is 270 g/mol. The van der Waals surface area contributed by atoms with Gasteiger partial charge in [0.1, 0.15) is 5.60 Å². The van der Waals surface area contributed by atoms with Crippen LogP contribution in [0.2, 0.25) is 0 Å². The van der Waals surface area contributed by atoms with Gasteiger partial charge in [-0.3, -0.25) is 0 Å². The van der Waals surface area contributed by atoms with Gasteiger partial charge >= 0.3 is 0 Å². The Morgan fingerprint density at radius 2 is 1.45 bits per heavy atom. The summed E-state index contributed by atoms with van der Waals surface area (Å²) in [7, 11) is 0. The second-order valence-corrected chi connectivity index (χ2v) is 4.98. The predicted octanol–water partition coefficient (Wildman–Crippen LogP) is 1.76. The maximum Gasteiger partial charge on any atom is 0.154 e. The zero-order chi connectivity index (χ0) is 14.4. The zero-order valence-corrected chi connectivity index (χ0v) is 11.1. The van der Waals surface area contributed by atoms with Crippen molar-refractivity contribution in [2.24, 2.45) is 0 Å². The molecule has 0 fully saturated rings. The van der Waals surface area contributed by atoms with E-state index < -0.39 is 11.7 Å². The van der Waals surface area contributed by atoms with E-state index in [4.69, 9.17) is 0 Å². The van der Waals surface area contributed by atoms with Crippen molar-refractivity contribution >= 4 is 6.29 Å². The molecule has 20 heavy (non-hydrogen) atoms. The van der Waals surface area contributed by atoms with Crippen LogP contribution in [0, 0.1) is 0 Å². The molecule has 0 aromatic heterocycles. The van der Waals surface area contributed by atoms with Crippen LogP contribution >= 0.6 is 0 Å². The minimum absolute atomic E-state index is 0.103. The highest BCUT2D eigenvalue weighted by Gasteiger charge is 2.35. The highest BCUT2D eigenvalue weighted by atomic mass is 16.3. The summed E-state index contributed by atoms with van der Waals surface area (Å²) in [6.07, 6.45) is -0.357. The van der Waals surface area contributed by atoms with Gasteiger partial charge in [-0.1, -0.05) is 60.7 Å². The SMILES string of the molecule is O=CC(O)(Cc1ccccc1)C(O)Cc1ccccc1. The van der Waals surface area contributed by atoms with Gasteiger partial charge in [0.25, 0.3) is 0 Å². The Bertz CT molecular complexity index is 539. The number of benzene rings is 2. The van der Waals surface area contributed by atoms with E-state index in [0.29, 0.717) is 6.29 Å². The Morgan fingerprint density at radius 3 is 1.95 bits per heavy atom. The molecule has 2 atom stereocenters. The third-order valence-corrected chi connectivity index (χ3v) is 3.38. The fourth-order valence-corrected chi connectivity index (χ4v) is 2.17. The Kier molecular flexibility index (Phi) is 4.66. The number of aldehydes is 1. The smallest absolute Gasteiger partial charge is 0.154 e. The second-order valence-electron chi connectivity index (χ2n) is 4.98. The molecule has 2 rings (SSSR count). The predicted molar refractivity (Wildman–Crippen MR) is 77.3 cm³/mol. The van der Waals surface area contributed by atoms with Gasteiger partial charge in [-0.05, 0) is 11.1 Å². The van der Waals surface area contributed by atoms with Crippen LogP contribution in [0.4, 0.5) is 0 Å². The molecule has 104 valence electrons. The van der Waals surface area contributed by atoms with Crippen LogP contribution in [0.15, 0.2) is 60.7 Å². The first-order valence-electron chi connectivity index (χ1n) is 6.59. The van der Waals surface area contributed by atoms with Gasteiger partial charge in [0.05, 0.1) is 6.10 Å². The molecule has 3 nitrogen and oxygen atoms in total. The van der Waals surface area contributed by atoms with Crippen molar-refractivity contribution < 1.29 is 15.0 Å². The second kappa shape index (κ2) is 6.46. The number of carbonyl (C=O) groups is 1. The van der Waals surface area contributed by atoms with Crippen molar-refractivity contribution in [1.29, 1.82) is 0 Å². The first-order valence-corrected chi connectivity index (χ1v) is 6.59. The van der Waals surface area contributed by atoms with Crippen LogP contribution in [0.3, 0.4) is 0 Å². The van der Waals surface area contributed by atoms with E-state index in [-0.39, 0.29) is 12.8 Å². The Morgan fingerprint density at radius 1 is 0.950 bits per heavy atom. The Balaban J connectivity index is 2.11. The number of rotatable bonds is 6. The molecule has 0 aliphatic heterocycles. The standard InChI is InChI=1S/C17H18O3/c18-13-17(20,12-15-9-5-2-6-10-15)16(19)11-14-7-3-1-4-8-14/h1-10,13,16,19-20H,11-12H2. The topological polar surface area (TPSA) is 57.5 Å². The third-order valence-electron chi connectivity index (χ3n) is 3.38. The van der Waals surface area contributed by atoms with Crippen LogP contribution in [-0.4, -0.2) is 28.2 Å². The highest BCUT2D eigenvalue weighted by molar-refractivity contribution is 5.64. The van der Waals surface area contributed by atoms with Crippen molar-refractivity contribution in [2.75, 3.05) is 0 Å². The molecule has 0 heterocycles. The normalized spacial score (nSPS) is 15.3. The van der Waals surface area contributed by atoms with Crippen LogP contribution in [0.5, 0.6) is 0 Å². The molecule has 0 bridgehead atoms.